The van der Waals surface area contributed by atoms with Crippen molar-refractivity contribution >= 4 is 21.8 Å². The smallest absolute Gasteiger partial charge is 0.338 e. The Morgan fingerprint density at radius 1 is 1.00 bits per heavy atom. The molecule has 0 saturated carbocycles. The van der Waals surface area contributed by atoms with Gasteiger partial charge in [-0.2, -0.15) is 0 Å². The number of Topliss-reactive ketones (excluding diaryl/α,β-unsaturated/α-hetero) is 1. The van der Waals surface area contributed by atoms with Crippen LogP contribution in [0, 0.1) is 0 Å². The molecule has 0 saturated heterocycles. The molecule has 1 atom stereocenters. The van der Waals surface area contributed by atoms with Crippen molar-refractivity contribution in [2.75, 3.05) is 21.2 Å². The number of hydrogen-bond donors (Lipinski definition) is 0. The van der Waals surface area contributed by atoms with Gasteiger partial charge in [-0.25, -0.2) is 17.5 Å². The van der Waals surface area contributed by atoms with Gasteiger partial charge in [-0.15, -0.1) is 0 Å². The van der Waals surface area contributed by atoms with Crippen LogP contribution in [-0.2, 0) is 14.8 Å². The zero-order valence-corrected chi connectivity index (χ0v) is 16.3. The molecule has 0 N–H and O–H groups in total. The molecular weight excluding hydrogens is 370 g/mol. The number of esters is 1. The number of sulfonamides is 1. The van der Waals surface area contributed by atoms with Crippen LogP contribution in [0.2, 0.25) is 0 Å². The van der Waals surface area contributed by atoms with Crippen LogP contribution in [0.3, 0.4) is 0 Å². The van der Waals surface area contributed by atoms with E-state index in [0.717, 1.165) is 4.31 Å². The molecule has 0 aromatic heterocycles. The average Bonchev–Trinajstić information content (AvgIpc) is 2.67. The van der Waals surface area contributed by atoms with Crippen LogP contribution >= 0.6 is 0 Å². The standard InChI is InChI=1S/C19H21NO6S/c1-13(18(21)14-8-10-16(25-4)11-9-14)26-19(22)15-6-5-7-17(12-15)27(23,24)20(2)3/h5-13H,1-4H3/t13-/m0/s1. The lowest BCUT2D eigenvalue weighted by molar-refractivity contribution is 0.0318. The molecule has 27 heavy (non-hydrogen) atoms. The predicted octanol–water partition coefficient (Wildman–Crippen LogP) is 2.37. The second-order valence-corrected chi connectivity index (χ2v) is 8.11. The van der Waals surface area contributed by atoms with Crippen molar-refractivity contribution in [3.63, 3.8) is 0 Å². The topological polar surface area (TPSA) is 90.0 Å². The molecule has 0 spiro atoms. The highest BCUT2D eigenvalue weighted by Gasteiger charge is 2.23. The SMILES string of the molecule is COc1ccc(C(=O)[C@H](C)OC(=O)c2cccc(S(=O)(=O)N(C)C)c2)cc1. The van der Waals surface area contributed by atoms with E-state index in [4.69, 9.17) is 9.47 Å². The fourth-order valence-corrected chi connectivity index (χ4v) is 3.21. The van der Waals surface area contributed by atoms with Gasteiger partial charge in [-0.05, 0) is 49.4 Å². The molecule has 7 nitrogen and oxygen atoms in total. The Balaban J connectivity index is 2.15. The lowest BCUT2D eigenvalue weighted by Crippen LogP contribution is -2.25. The maximum atomic E-state index is 12.4. The molecule has 144 valence electrons. The number of hydrogen-bond acceptors (Lipinski definition) is 6. The lowest BCUT2D eigenvalue weighted by atomic mass is 10.1. The van der Waals surface area contributed by atoms with Gasteiger partial charge in [-0.3, -0.25) is 4.79 Å². The third-order valence-electron chi connectivity index (χ3n) is 3.88. The van der Waals surface area contributed by atoms with Crippen LogP contribution in [0.25, 0.3) is 0 Å². The van der Waals surface area contributed by atoms with Gasteiger partial charge in [0.15, 0.2) is 6.10 Å². The maximum Gasteiger partial charge on any atom is 0.338 e. The number of carbonyl (C=O) groups is 2. The van der Waals surface area contributed by atoms with Gasteiger partial charge in [0, 0.05) is 19.7 Å². The minimum Gasteiger partial charge on any atom is -0.497 e. The number of benzene rings is 2. The van der Waals surface area contributed by atoms with Gasteiger partial charge < -0.3 is 9.47 Å². The Bertz CT molecular complexity index is 935. The van der Waals surface area contributed by atoms with Crippen molar-refractivity contribution < 1.29 is 27.5 Å². The fraction of sp³-hybridized carbons (Fsp3) is 0.263. The summed E-state index contributed by atoms with van der Waals surface area (Å²) in [6, 6.07) is 11.9. The highest BCUT2D eigenvalue weighted by Crippen LogP contribution is 2.17. The van der Waals surface area contributed by atoms with Crippen molar-refractivity contribution in [2.24, 2.45) is 0 Å². The molecule has 8 heteroatoms. The summed E-state index contributed by atoms with van der Waals surface area (Å²) in [6.07, 6.45) is -1.03. The zero-order valence-electron chi connectivity index (χ0n) is 15.5. The molecule has 0 heterocycles. The van der Waals surface area contributed by atoms with E-state index in [1.54, 1.807) is 24.3 Å². The lowest BCUT2D eigenvalue weighted by Gasteiger charge is -2.14. The van der Waals surface area contributed by atoms with Crippen molar-refractivity contribution in [3.8, 4) is 5.75 Å². The summed E-state index contributed by atoms with van der Waals surface area (Å²) < 4.78 is 35.7. The van der Waals surface area contributed by atoms with E-state index in [1.807, 2.05) is 0 Å². The normalized spacial score (nSPS) is 12.5. The van der Waals surface area contributed by atoms with Crippen LogP contribution in [0.1, 0.15) is 27.6 Å². The number of methoxy groups -OCH3 is 1. The van der Waals surface area contributed by atoms with Crippen LogP contribution in [0.4, 0.5) is 0 Å². The van der Waals surface area contributed by atoms with E-state index in [9.17, 15) is 18.0 Å². The van der Waals surface area contributed by atoms with Gasteiger partial charge in [0.2, 0.25) is 15.8 Å². The van der Waals surface area contributed by atoms with Crippen LogP contribution in [0.15, 0.2) is 53.4 Å². The molecule has 2 aromatic carbocycles. The van der Waals surface area contributed by atoms with Crippen LogP contribution in [0.5, 0.6) is 5.75 Å². The number of carbonyl (C=O) groups excluding carboxylic acids is 2. The van der Waals surface area contributed by atoms with Crippen molar-refractivity contribution in [1.29, 1.82) is 0 Å². The summed E-state index contributed by atoms with van der Waals surface area (Å²) in [5.41, 5.74) is 0.423. The second kappa shape index (κ2) is 8.32. The summed E-state index contributed by atoms with van der Waals surface area (Å²) in [4.78, 5) is 24.7. The van der Waals surface area contributed by atoms with E-state index in [-0.39, 0.29) is 16.2 Å². The summed E-state index contributed by atoms with van der Waals surface area (Å²) in [7, 11) is 0.637. The average molecular weight is 391 g/mol. The second-order valence-electron chi connectivity index (χ2n) is 5.96. The minimum absolute atomic E-state index is 0.0314. The summed E-state index contributed by atoms with van der Waals surface area (Å²) >= 11 is 0. The number of ether oxygens (including phenoxy) is 2. The van der Waals surface area contributed by atoms with Crippen LogP contribution in [-0.4, -0.2) is 51.8 Å². The van der Waals surface area contributed by atoms with Gasteiger partial charge in [0.25, 0.3) is 0 Å². The quantitative estimate of drug-likeness (QED) is 0.532. The van der Waals surface area contributed by atoms with Crippen molar-refractivity contribution in [1.82, 2.24) is 4.31 Å². The van der Waals surface area contributed by atoms with Gasteiger partial charge in [-0.1, -0.05) is 6.07 Å². The Labute approximate surface area is 158 Å². The highest BCUT2D eigenvalue weighted by molar-refractivity contribution is 7.89. The first-order valence-electron chi connectivity index (χ1n) is 8.08. The maximum absolute atomic E-state index is 12.4. The molecule has 0 amide bonds. The van der Waals surface area contributed by atoms with Crippen molar-refractivity contribution in [3.05, 3.63) is 59.7 Å². The first kappa shape index (κ1) is 20.6. The molecule has 0 unspecified atom stereocenters. The summed E-state index contributed by atoms with van der Waals surface area (Å²) in [5, 5.41) is 0. The third-order valence-corrected chi connectivity index (χ3v) is 5.69. The van der Waals surface area contributed by atoms with E-state index >= 15 is 0 Å². The number of nitrogens with zero attached hydrogens (tertiary/aromatic N) is 1. The molecule has 0 fully saturated rings. The first-order chi connectivity index (χ1) is 12.7. The Kier molecular flexibility index (Phi) is 6.35. The Morgan fingerprint density at radius 2 is 1.63 bits per heavy atom. The molecular formula is C19H21NO6S. The molecule has 0 bridgehead atoms. The number of ketones is 1. The molecule has 0 radical (unpaired) electrons. The third kappa shape index (κ3) is 4.72. The van der Waals surface area contributed by atoms with E-state index < -0.39 is 22.1 Å². The van der Waals surface area contributed by atoms with E-state index in [0.29, 0.717) is 11.3 Å². The molecule has 0 aliphatic rings. The van der Waals surface area contributed by atoms with Crippen molar-refractivity contribution in [2.45, 2.75) is 17.9 Å². The molecule has 0 aliphatic carbocycles. The monoisotopic (exact) mass is 391 g/mol. The molecule has 2 rings (SSSR count). The minimum atomic E-state index is -3.68. The Hall–Kier alpha value is -2.71. The van der Waals surface area contributed by atoms with Gasteiger partial charge in [0.1, 0.15) is 5.75 Å². The molecule has 0 aliphatic heterocycles. The highest BCUT2D eigenvalue weighted by atomic mass is 32.2. The van der Waals surface area contributed by atoms with Gasteiger partial charge in [0.05, 0.1) is 17.6 Å². The molecule has 2 aromatic rings. The van der Waals surface area contributed by atoms with Gasteiger partial charge >= 0.3 is 5.97 Å². The first-order valence-corrected chi connectivity index (χ1v) is 9.52. The van der Waals surface area contributed by atoms with Crippen LogP contribution < -0.4 is 4.74 Å². The fourth-order valence-electron chi connectivity index (χ4n) is 2.27. The summed E-state index contributed by atoms with van der Waals surface area (Å²) in [6.45, 7) is 1.46. The largest absolute Gasteiger partial charge is 0.497 e. The number of rotatable bonds is 7. The predicted molar refractivity (Wildman–Crippen MR) is 99.5 cm³/mol. The van der Waals surface area contributed by atoms with E-state index in [1.165, 1.54) is 52.4 Å². The summed E-state index contributed by atoms with van der Waals surface area (Å²) in [5.74, 6) is -0.543. The zero-order chi connectivity index (χ0) is 20.2. The van der Waals surface area contributed by atoms with E-state index in [2.05, 4.69) is 0 Å². The Morgan fingerprint density at radius 3 is 2.19 bits per heavy atom.